The van der Waals surface area contributed by atoms with Crippen LogP contribution < -0.4 is 26.3 Å². The number of rotatable bonds is 13. The number of hydrogen-bond acceptors (Lipinski definition) is 13. The summed E-state index contributed by atoms with van der Waals surface area (Å²) in [6.07, 6.45) is 0.452. The van der Waals surface area contributed by atoms with Crippen molar-refractivity contribution >= 4 is 51.9 Å². The summed E-state index contributed by atoms with van der Waals surface area (Å²) in [6.45, 7) is 15.2. The van der Waals surface area contributed by atoms with Crippen LogP contribution in [0.1, 0.15) is 91.9 Å². The summed E-state index contributed by atoms with van der Waals surface area (Å²) in [4.78, 5) is 82.5. The van der Waals surface area contributed by atoms with Crippen LogP contribution in [-0.4, -0.2) is 59.0 Å². The lowest BCUT2D eigenvalue weighted by atomic mass is 9.97. The number of ether oxygens (including phenoxy) is 3. The Morgan fingerprint density at radius 1 is 0.882 bits per heavy atom. The predicted molar refractivity (Wildman–Crippen MR) is 186 cm³/mol. The normalized spacial score (nSPS) is 13.0. The molecule has 0 fully saturated rings. The minimum Gasteiger partial charge on any atom is -0.464 e. The van der Waals surface area contributed by atoms with Crippen LogP contribution in [0.4, 0.5) is 17.1 Å². The summed E-state index contributed by atoms with van der Waals surface area (Å²) in [6, 6.07) is -1.09. The molecule has 2 atom stereocenters. The van der Waals surface area contributed by atoms with Gasteiger partial charge in [-0.3, -0.25) is 19.7 Å². The van der Waals surface area contributed by atoms with Gasteiger partial charge in [0.15, 0.2) is 17.1 Å². The molecule has 0 bridgehead atoms. The van der Waals surface area contributed by atoms with Gasteiger partial charge in [0.05, 0.1) is 46.2 Å². The van der Waals surface area contributed by atoms with Crippen LogP contribution in [0.3, 0.4) is 0 Å². The highest BCUT2D eigenvalue weighted by Gasteiger charge is 2.37. The molecule has 1 aliphatic rings. The molecule has 1 aromatic heterocycles. The fourth-order valence-corrected chi connectivity index (χ4v) is 5.81. The van der Waals surface area contributed by atoms with Crippen LogP contribution in [0.2, 0.25) is 0 Å². The smallest absolute Gasteiger partial charge is 0.357 e. The maximum Gasteiger partial charge on any atom is 0.357 e. The molecular weight excluding hydrogens is 666 g/mol. The van der Waals surface area contributed by atoms with E-state index in [4.69, 9.17) is 18.6 Å². The highest BCUT2D eigenvalue weighted by molar-refractivity contribution is 6.15. The van der Waals surface area contributed by atoms with E-state index in [1.165, 1.54) is 13.8 Å². The number of hydrogen-bond donors (Lipinski definition) is 3. The number of nitro benzene ring substituents is 1. The number of carbonyl (C=O) groups excluding carboxylic acids is 4. The van der Waals surface area contributed by atoms with Gasteiger partial charge in [0.1, 0.15) is 23.3 Å². The van der Waals surface area contributed by atoms with Gasteiger partial charge in [0.2, 0.25) is 0 Å². The molecule has 16 nitrogen and oxygen atoms in total. The number of benzene rings is 2. The van der Waals surface area contributed by atoms with Gasteiger partial charge in [-0.1, -0.05) is 27.7 Å². The first-order chi connectivity index (χ1) is 24.0. The number of nitrogens with one attached hydrogen (secondary N) is 3. The monoisotopic (exact) mass is 709 g/mol. The Balaban J connectivity index is 1.97. The second-order valence-electron chi connectivity index (χ2n) is 13.0. The number of aromatic nitrogens is 1. The number of amides is 2. The molecule has 0 saturated carbocycles. The van der Waals surface area contributed by atoms with Gasteiger partial charge in [0.25, 0.3) is 17.5 Å². The fraction of sp³-hybridized carbons (Fsp3) is 0.486. The van der Waals surface area contributed by atoms with Crippen LogP contribution in [0.25, 0.3) is 11.1 Å². The summed E-state index contributed by atoms with van der Waals surface area (Å²) in [7, 11) is 0. The summed E-state index contributed by atoms with van der Waals surface area (Å²) in [5.41, 5.74) is -1.65. The van der Waals surface area contributed by atoms with Gasteiger partial charge < -0.3 is 34.6 Å². The zero-order chi connectivity index (χ0) is 37.9. The molecule has 0 aliphatic carbocycles. The number of nitrogens with zero attached hydrogens (tertiary/aromatic N) is 2. The molecule has 0 radical (unpaired) electrons. The second-order valence-corrected chi connectivity index (χ2v) is 13.0. The van der Waals surface area contributed by atoms with Gasteiger partial charge in [-0.05, 0) is 59.3 Å². The number of fused-ring (bicyclic) bond motifs is 3. The molecule has 16 heteroatoms. The van der Waals surface area contributed by atoms with Crippen molar-refractivity contribution in [3.63, 3.8) is 0 Å². The van der Waals surface area contributed by atoms with E-state index in [0.717, 1.165) is 6.07 Å². The van der Waals surface area contributed by atoms with Crippen LogP contribution in [-0.2, 0) is 19.1 Å². The summed E-state index contributed by atoms with van der Waals surface area (Å²) in [5, 5.41) is 20.7. The maximum atomic E-state index is 14.3. The van der Waals surface area contributed by atoms with E-state index in [1.807, 2.05) is 27.7 Å². The SMILES string of the molecule is CCOC(=O)[C@@H](CC(C)C)NC(=O)c1cc([N+](=O)[O-])c(C)c2c1Nc1c(c(C)c3oc(=O)c(C)nc3c1C(=O)N[C@H](CC(C)C)C(=O)OCC)O2. The molecule has 274 valence electrons. The van der Waals surface area contributed by atoms with Crippen molar-refractivity contribution in [1.82, 2.24) is 15.6 Å². The Morgan fingerprint density at radius 2 is 1.41 bits per heavy atom. The van der Waals surface area contributed by atoms with Gasteiger partial charge in [0, 0.05) is 11.6 Å². The largest absolute Gasteiger partial charge is 0.464 e. The number of nitro groups is 1. The third-order valence-electron chi connectivity index (χ3n) is 8.17. The molecule has 3 N–H and O–H groups in total. The number of aryl methyl sites for hydroxylation is 2. The van der Waals surface area contributed by atoms with Gasteiger partial charge in [-0.15, -0.1) is 0 Å². The minimum absolute atomic E-state index is 0.00988. The summed E-state index contributed by atoms with van der Waals surface area (Å²) < 4.78 is 22.3. The Bertz CT molecular complexity index is 1970. The Morgan fingerprint density at radius 3 is 1.92 bits per heavy atom. The van der Waals surface area contributed by atoms with Crippen LogP contribution in [0.15, 0.2) is 15.3 Å². The quantitative estimate of drug-likeness (QED) is 0.0915. The molecule has 2 amide bonds. The lowest BCUT2D eigenvalue weighted by molar-refractivity contribution is -0.385. The van der Waals surface area contributed by atoms with E-state index in [9.17, 15) is 34.1 Å². The minimum atomic E-state index is -1.08. The Kier molecular flexibility index (Phi) is 11.7. The van der Waals surface area contributed by atoms with E-state index in [-0.39, 0.29) is 99.8 Å². The zero-order valence-corrected chi connectivity index (χ0v) is 30.1. The third-order valence-corrected chi connectivity index (χ3v) is 8.17. The molecule has 0 spiro atoms. The summed E-state index contributed by atoms with van der Waals surface area (Å²) in [5.74, 6) is -3.19. The lowest BCUT2D eigenvalue weighted by Crippen LogP contribution is -2.43. The number of anilines is 2. The Labute approximate surface area is 293 Å². The average molecular weight is 710 g/mol. The first-order valence-electron chi connectivity index (χ1n) is 16.7. The first-order valence-corrected chi connectivity index (χ1v) is 16.7. The van der Waals surface area contributed by atoms with E-state index in [2.05, 4.69) is 20.9 Å². The van der Waals surface area contributed by atoms with E-state index >= 15 is 0 Å². The van der Waals surface area contributed by atoms with E-state index in [0.29, 0.717) is 0 Å². The second kappa shape index (κ2) is 15.6. The van der Waals surface area contributed by atoms with Crippen molar-refractivity contribution in [2.45, 2.75) is 87.2 Å². The van der Waals surface area contributed by atoms with Crippen molar-refractivity contribution in [3.05, 3.63) is 54.5 Å². The van der Waals surface area contributed by atoms with Crippen molar-refractivity contribution < 1.29 is 42.7 Å². The lowest BCUT2D eigenvalue weighted by Gasteiger charge is -2.29. The van der Waals surface area contributed by atoms with E-state index in [1.54, 1.807) is 20.8 Å². The van der Waals surface area contributed by atoms with Crippen LogP contribution in [0, 0.1) is 42.7 Å². The maximum absolute atomic E-state index is 14.3. The molecule has 0 unspecified atom stereocenters. The molecule has 1 aliphatic heterocycles. The van der Waals surface area contributed by atoms with Crippen molar-refractivity contribution in [2.24, 2.45) is 11.8 Å². The van der Waals surface area contributed by atoms with Gasteiger partial charge >= 0.3 is 17.6 Å². The average Bonchev–Trinajstić information content (AvgIpc) is 3.04. The molecule has 0 saturated heterocycles. The van der Waals surface area contributed by atoms with Crippen molar-refractivity contribution in [3.8, 4) is 11.5 Å². The molecular formula is C35H43N5O11. The standard InChI is InChI=1S/C35H43N5O11/c1-10-48-34(44)21(12-15(3)4)37-31(41)20-14-23(40(46)47)17(7)28-25(20)39-27-24(32(42)38-22(13-16(5)6)35(45)49-11-2)26-30(18(8)29(27)50-28)51-33(43)19(9)36-26/h14-16,21-22,39H,10-13H2,1-9H3,(H,37,41)(H,38,42)/t21-,22-/m1/s1. The first kappa shape index (κ1) is 38.3. The molecule has 51 heavy (non-hydrogen) atoms. The van der Waals surface area contributed by atoms with Gasteiger partial charge in [-0.2, -0.15) is 0 Å². The van der Waals surface area contributed by atoms with Gasteiger partial charge in [-0.25, -0.2) is 19.4 Å². The summed E-state index contributed by atoms with van der Waals surface area (Å²) >= 11 is 0. The zero-order valence-electron chi connectivity index (χ0n) is 30.1. The number of esters is 2. The van der Waals surface area contributed by atoms with E-state index < -0.39 is 52.1 Å². The fourth-order valence-electron chi connectivity index (χ4n) is 5.81. The molecule has 2 heterocycles. The van der Waals surface area contributed by atoms with Crippen LogP contribution >= 0.6 is 0 Å². The van der Waals surface area contributed by atoms with Crippen molar-refractivity contribution in [2.75, 3.05) is 18.5 Å². The van der Waals surface area contributed by atoms with Crippen LogP contribution in [0.5, 0.6) is 11.5 Å². The Hall–Kier alpha value is -5.54. The third kappa shape index (κ3) is 7.94. The molecule has 2 aromatic carbocycles. The highest BCUT2D eigenvalue weighted by atomic mass is 16.6. The molecule has 4 rings (SSSR count). The molecule has 3 aromatic rings. The predicted octanol–water partition coefficient (Wildman–Crippen LogP) is 5.29. The number of carbonyl (C=O) groups is 4. The topological polar surface area (TPSA) is 218 Å². The van der Waals surface area contributed by atoms with Crippen molar-refractivity contribution in [1.29, 1.82) is 0 Å². The highest BCUT2D eigenvalue weighted by Crippen LogP contribution is 2.52.